The Morgan fingerprint density at radius 2 is 1.65 bits per heavy atom. The Balaban J connectivity index is 2.26. The summed E-state index contributed by atoms with van der Waals surface area (Å²) in [4.78, 5) is 63.2. The van der Waals surface area contributed by atoms with E-state index in [0.717, 1.165) is 4.90 Å². The standard InChI is InChI=1S/C25H36N4O8/c1-14(2)12-17(26)22(33)28-19(13-15-5-7-16(30)8-6-15)23(34)27-18(9-10-21(31)32)24(35)29-11-3-4-20(29)25(36)37/h5-8,14,17-20,30H,3-4,9-13,26H2,1-2H3,(H,27,34)(H,28,33)(H,31,32)(H,36,37). The summed E-state index contributed by atoms with van der Waals surface area (Å²) in [6.07, 6.45) is 0.424. The summed E-state index contributed by atoms with van der Waals surface area (Å²) < 4.78 is 0. The third-order valence-corrected chi connectivity index (χ3v) is 6.15. The first-order valence-corrected chi connectivity index (χ1v) is 12.3. The van der Waals surface area contributed by atoms with Gasteiger partial charge in [0, 0.05) is 19.4 Å². The van der Waals surface area contributed by atoms with Crippen LogP contribution in [-0.2, 0) is 30.4 Å². The van der Waals surface area contributed by atoms with Crippen LogP contribution in [0, 0.1) is 5.92 Å². The number of nitrogens with one attached hydrogen (secondary N) is 2. The fourth-order valence-corrected chi connectivity index (χ4v) is 4.26. The number of phenolic OH excluding ortho intramolecular Hbond substituents is 1. The quantitative estimate of drug-likeness (QED) is 0.210. The molecule has 1 saturated heterocycles. The molecule has 204 valence electrons. The molecule has 0 radical (unpaired) electrons. The zero-order chi connectivity index (χ0) is 27.7. The second-order valence-electron chi connectivity index (χ2n) is 9.69. The predicted molar refractivity (Wildman–Crippen MR) is 132 cm³/mol. The van der Waals surface area contributed by atoms with E-state index in [1.807, 2.05) is 13.8 Å². The molecule has 1 aliphatic rings. The minimum Gasteiger partial charge on any atom is -0.508 e. The molecule has 2 rings (SSSR count). The molecular formula is C25H36N4O8. The number of rotatable bonds is 13. The molecule has 0 aromatic heterocycles. The van der Waals surface area contributed by atoms with Gasteiger partial charge >= 0.3 is 11.9 Å². The molecule has 0 bridgehead atoms. The van der Waals surface area contributed by atoms with Gasteiger partial charge in [0.2, 0.25) is 17.7 Å². The number of hydrogen-bond acceptors (Lipinski definition) is 7. The summed E-state index contributed by atoms with van der Waals surface area (Å²) in [5.74, 6) is -4.20. The second-order valence-corrected chi connectivity index (χ2v) is 9.69. The average Bonchev–Trinajstić information content (AvgIpc) is 3.32. The van der Waals surface area contributed by atoms with E-state index >= 15 is 0 Å². The SMILES string of the molecule is CC(C)CC(N)C(=O)NC(Cc1ccc(O)cc1)C(=O)NC(CCC(=O)O)C(=O)N1CCCC1C(=O)O. The van der Waals surface area contributed by atoms with Crippen LogP contribution in [0.25, 0.3) is 0 Å². The Bertz CT molecular complexity index is 981. The first-order valence-electron chi connectivity index (χ1n) is 12.3. The van der Waals surface area contributed by atoms with Crippen LogP contribution in [0.2, 0.25) is 0 Å². The number of carboxylic acids is 2. The van der Waals surface area contributed by atoms with Gasteiger partial charge in [-0.3, -0.25) is 19.2 Å². The van der Waals surface area contributed by atoms with E-state index in [0.29, 0.717) is 18.4 Å². The van der Waals surface area contributed by atoms with E-state index in [-0.39, 0.29) is 37.5 Å². The number of benzene rings is 1. The highest BCUT2D eigenvalue weighted by Gasteiger charge is 2.38. The first kappa shape index (κ1) is 29.6. The molecule has 1 aromatic rings. The Kier molecular flexibility index (Phi) is 10.9. The van der Waals surface area contributed by atoms with Crippen molar-refractivity contribution in [3.63, 3.8) is 0 Å². The Morgan fingerprint density at radius 1 is 1.03 bits per heavy atom. The van der Waals surface area contributed by atoms with E-state index in [2.05, 4.69) is 10.6 Å². The number of nitrogens with two attached hydrogens (primary N) is 1. The zero-order valence-electron chi connectivity index (χ0n) is 21.1. The third kappa shape index (κ3) is 9.05. The topological polar surface area (TPSA) is 199 Å². The fraction of sp³-hybridized carbons (Fsp3) is 0.560. The molecule has 1 aromatic carbocycles. The van der Waals surface area contributed by atoms with Crippen LogP contribution in [0.4, 0.5) is 0 Å². The lowest BCUT2D eigenvalue weighted by atomic mass is 10.0. The number of aliphatic carboxylic acids is 2. The van der Waals surface area contributed by atoms with E-state index in [9.17, 15) is 34.2 Å². The monoisotopic (exact) mass is 520 g/mol. The molecule has 7 N–H and O–H groups in total. The van der Waals surface area contributed by atoms with Crippen molar-refractivity contribution < 1.29 is 39.3 Å². The van der Waals surface area contributed by atoms with E-state index in [1.54, 1.807) is 12.1 Å². The summed E-state index contributed by atoms with van der Waals surface area (Å²) in [6.45, 7) is 3.97. The largest absolute Gasteiger partial charge is 0.508 e. The van der Waals surface area contributed by atoms with Crippen molar-refractivity contribution in [2.45, 2.75) is 76.5 Å². The molecule has 4 atom stereocenters. The number of likely N-dealkylation sites (tertiary alicyclic amines) is 1. The number of carbonyl (C=O) groups is 5. The fourth-order valence-electron chi connectivity index (χ4n) is 4.26. The molecule has 1 aliphatic heterocycles. The van der Waals surface area contributed by atoms with Crippen LogP contribution in [0.3, 0.4) is 0 Å². The molecule has 12 nitrogen and oxygen atoms in total. The van der Waals surface area contributed by atoms with Gasteiger partial charge in [-0.2, -0.15) is 0 Å². The second kappa shape index (κ2) is 13.6. The smallest absolute Gasteiger partial charge is 0.326 e. The van der Waals surface area contributed by atoms with Crippen molar-refractivity contribution in [3.8, 4) is 5.75 Å². The number of amides is 3. The summed E-state index contributed by atoms with van der Waals surface area (Å²) in [7, 11) is 0. The maximum Gasteiger partial charge on any atom is 0.326 e. The van der Waals surface area contributed by atoms with Crippen LogP contribution in [0.15, 0.2) is 24.3 Å². The van der Waals surface area contributed by atoms with Crippen molar-refractivity contribution in [2.24, 2.45) is 11.7 Å². The molecular weight excluding hydrogens is 484 g/mol. The van der Waals surface area contributed by atoms with Crippen LogP contribution < -0.4 is 16.4 Å². The normalized spacial score (nSPS) is 17.6. The number of carbonyl (C=O) groups excluding carboxylic acids is 3. The number of hydrogen-bond donors (Lipinski definition) is 6. The van der Waals surface area contributed by atoms with Crippen LogP contribution in [0.1, 0.15) is 51.5 Å². The molecule has 4 unspecified atom stereocenters. The minimum absolute atomic E-state index is 0.00750. The predicted octanol–water partition coefficient (Wildman–Crippen LogP) is 0.218. The molecule has 37 heavy (non-hydrogen) atoms. The first-order chi connectivity index (χ1) is 17.4. The number of nitrogens with zero attached hydrogens (tertiary/aromatic N) is 1. The molecule has 3 amide bonds. The molecule has 0 spiro atoms. The highest BCUT2D eigenvalue weighted by molar-refractivity contribution is 5.94. The van der Waals surface area contributed by atoms with Crippen LogP contribution >= 0.6 is 0 Å². The summed E-state index contributed by atoms with van der Waals surface area (Å²) in [5, 5.41) is 33.3. The summed E-state index contributed by atoms with van der Waals surface area (Å²) in [5.41, 5.74) is 6.58. The molecule has 1 heterocycles. The lowest BCUT2D eigenvalue weighted by Crippen LogP contribution is -2.57. The highest BCUT2D eigenvalue weighted by Crippen LogP contribution is 2.20. The van der Waals surface area contributed by atoms with Crippen molar-refractivity contribution >= 4 is 29.7 Å². The van der Waals surface area contributed by atoms with Gasteiger partial charge in [-0.25, -0.2) is 4.79 Å². The van der Waals surface area contributed by atoms with Crippen LogP contribution in [0.5, 0.6) is 5.75 Å². The molecule has 0 saturated carbocycles. The van der Waals surface area contributed by atoms with Crippen molar-refractivity contribution in [2.75, 3.05) is 6.54 Å². The minimum atomic E-state index is -1.30. The number of phenols is 1. The van der Waals surface area contributed by atoms with E-state index < -0.39 is 60.2 Å². The maximum absolute atomic E-state index is 13.3. The Labute approximate surface area is 215 Å². The Hall–Kier alpha value is -3.67. The van der Waals surface area contributed by atoms with Gasteiger partial charge in [0.15, 0.2) is 0 Å². The lowest BCUT2D eigenvalue weighted by Gasteiger charge is -2.29. The van der Waals surface area contributed by atoms with Gasteiger partial charge in [-0.15, -0.1) is 0 Å². The summed E-state index contributed by atoms with van der Waals surface area (Å²) >= 11 is 0. The molecule has 12 heteroatoms. The van der Waals surface area contributed by atoms with Gasteiger partial charge in [0.05, 0.1) is 6.04 Å². The van der Waals surface area contributed by atoms with E-state index in [4.69, 9.17) is 10.8 Å². The zero-order valence-corrected chi connectivity index (χ0v) is 21.1. The summed E-state index contributed by atoms with van der Waals surface area (Å²) in [6, 6.07) is 1.61. The van der Waals surface area contributed by atoms with Crippen molar-refractivity contribution in [1.82, 2.24) is 15.5 Å². The molecule has 1 fully saturated rings. The van der Waals surface area contributed by atoms with Crippen molar-refractivity contribution in [1.29, 1.82) is 0 Å². The van der Waals surface area contributed by atoms with Crippen molar-refractivity contribution in [3.05, 3.63) is 29.8 Å². The van der Waals surface area contributed by atoms with Gasteiger partial charge < -0.3 is 36.6 Å². The van der Waals surface area contributed by atoms with E-state index in [1.165, 1.54) is 12.1 Å². The average molecular weight is 521 g/mol. The van der Waals surface area contributed by atoms with Gasteiger partial charge in [0.1, 0.15) is 23.9 Å². The molecule has 0 aliphatic carbocycles. The van der Waals surface area contributed by atoms with Gasteiger partial charge in [0.25, 0.3) is 0 Å². The number of carboxylic acid groups (broad SMARTS) is 2. The Morgan fingerprint density at radius 3 is 2.22 bits per heavy atom. The van der Waals surface area contributed by atoms with Crippen LogP contribution in [-0.4, -0.2) is 80.6 Å². The van der Waals surface area contributed by atoms with Gasteiger partial charge in [-0.05, 0) is 49.3 Å². The number of aromatic hydroxyl groups is 1. The maximum atomic E-state index is 13.3. The third-order valence-electron chi connectivity index (χ3n) is 6.15. The highest BCUT2D eigenvalue weighted by atomic mass is 16.4. The van der Waals surface area contributed by atoms with Gasteiger partial charge in [-0.1, -0.05) is 26.0 Å². The lowest BCUT2D eigenvalue weighted by molar-refractivity contribution is -0.150.